The lowest BCUT2D eigenvalue weighted by Crippen LogP contribution is -2.54. The van der Waals surface area contributed by atoms with E-state index >= 15 is 0 Å². The van der Waals surface area contributed by atoms with Crippen molar-refractivity contribution in [1.29, 1.82) is 0 Å². The highest BCUT2D eigenvalue weighted by Gasteiger charge is 2.45. The van der Waals surface area contributed by atoms with E-state index in [1.165, 1.54) is 25.7 Å². The zero-order valence-electron chi connectivity index (χ0n) is 9.92. The van der Waals surface area contributed by atoms with E-state index in [4.69, 9.17) is 4.74 Å². The van der Waals surface area contributed by atoms with Gasteiger partial charge in [0.15, 0.2) is 0 Å². The van der Waals surface area contributed by atoms with Crippen LogP contribution >= 0.6 is 0 Å². The zero-order valence-corrected chi connectivity index (χ0v) is 9.92. The fraction of sp³-hybridized carbons (Fsp3) is 1.00. The highest BCUT2D eigenvalue weighted by Crippen LogP contribution is 2.40. The fourth-order valence-corrected chi connectivity index (χ4v) is 3.41. The van der Waals surface area contributed by atoms with Gasteiger partial charge in [-0.05, 0) is 46.5 Å². The third-order valence-electron chi connectivity index (χ3n) is 3.80. The third kappa shape index (κ3) is 1.70. The fourth-order valence-electron chi connectivity index (χ4n) is 3.41. The third-order valence-corrected chi connectivity index (χ3v) is 3.80. The Bertz CT molecular complexity index is 195. The van der Waals surface area contributed by atoms with Gasteiger partial charge in [0.25, 0.3) is 0 Å². The van der Waals surface area contributed by atoms with E-state index in [1.807, 2.05) is 7.11 Å². The first-order valence-electron chi connectivity index (χ1n) is 5.83. The van der Waals surface area contributed by atoms with Crippen molar-refractivity contribution in [3.8, 4) is 0 Å². The van der Waals surface area contributed by atoms with Gasteiger partial charge >= 0.3 is 0 Å². The van der Waals surface area contributed by atoms with Crippen molar-refractivity contribution < 1.29 is 4.74 Å². The Morgan fingerprint density at radius 1 is 1.07 bits per heavy atom. The summed E-state index contributed by atoms with van der Waals surface area (Å²) in [5.74, 6) is 0. The predicted molar refractivity (Wildman–Crippen MR) is 58.4 cm³/mol. The van der Waals surface area contributed by atoms with Crippen LogP contribution in [0.15, 0.2) is 0 Å². The second-order valence-corrected chi connectivity index (χ2v) is 5.79. The normalized spacial score (nSPS) is 39.0. The van der Waals surface area contributed by atoms with Gasteiger partial charge in [0.05, 0.1) is 6.10 Å². The molecule has 1 unspecified atom stereocenters. The molecule has 0 aliphatic carbocycles. The molecule has 2 heterocycles. The number of methoxy groups -OCH3 is 1. The van der Waals surface area contributed by atoms with Crippen molar-refractivity contribution in [3.05, 3.63) is 0 Å². The Morgan fingerprint density at radius 2 is 1.57 bits per heavy atom. The Balaban J connectivity index is 2.10. The summed E-state index contributed by atoms with van der Waals surface area (Å²) in [7, 11) is 1.86. The topological polar surface area (TPSA) is 12.5 Å². The Kier molecular flexibility index (Phi) is 2.61. The molecule has 2 heteroatoms. The van der Waals surface area contributed by atoms with Gasteiger partial charge < -0.3 is 4.74 Å². The lowest BCUT2D eigenvalue weighted by molar-refractivity contribution is -0.0314. The molecule has 0 aromatic rings. The van der Waals surface area contributed by atoms with Crippen molar-refractivity contribution in [1.82, 2.24) is 4.90 Å². The first-order valence-corrected chi connectivity index (χ1v) is 5.83. The smallest absolute Gasteiger partial charge is 0.0601 e. The Labute approximate surface area is 87.6 Å². The molecule has 2 saturated heterocycles. The molecule has 0 spiro atoms. The zero-order chi connectivity index (χ0) is 10.3. The van der Waals surface area contributed by atoms with Crippen LogP contribution in [0.25, 0.3) is 0 Å². The van der Waals surface area contributed by atoms with Crippen LogP contribution < -0.4 is 0 Å². The maximum Gasteiger partial charge on any atom is 0.0601 e. The molecule has 14 heavy (non-hydrogen) atoms. The molecule has 2 aliphatic rings. The van der Waals surface area contributed by atoms with Crippen molar-refractivity contribution in [2.45, 2.75) is 70.2 Å². The molecule has 82 valence electrons. The van der Waals surface area contributed by atoms with Gasteiger partial charge in [-0.3, -0.25) is 4.90 Å². The lowest BCUT2D eigenvalue weighted by atomic mass is 9.93. The van der Waals surface area contributed by atoms with Gasteiger partial charge in [-0.1, -0.05) is 0 Å². The van der Waals surface area contributed by atoms with Gasteiger partial charge in [-0.25, -0.2) is 0 Å². The molecule has 0 saturated carbocycles. The summed E-state index contributed by atoms with van der Waals surface area (Å²) in [5, 5.41) is 0. The average molecular weight is 197 g/mol. The van der Waals surface area contributed by atoms with E-state index < -0.39 is 0 Å². The van der Waals surface area contributed by atoms with E-state index in [2.05, 4.69) is 25.7 Å². The van der Waals surface area contributed by atoms with Gasteiger partial charge in [-0.15, -0.1) is 0 Å². The average Bonchev–Trinajstić information content (AvgIpc) is 2.38. The molecule has 2 bridgehead atoms. The number of hydrogen-bond acceptors (Lipinski definition) is 2. The molecule has 3 atom stereocenters. The predicted octanol–water partition coefficient (Wildman–Crippen LogP) is 2.43. The van der Waals surface area contributed by atoms with Gasteiger partial charge in [0, 0.05) is 24.7 Å². The molecule has 0 aromatic heterocycles. The second kappa shape index (κ2) is 3.49. The minimum absolute atomic E-state index is 0.338. The maximum absolute atomic E-state index is 5.51. The largest absolute Gasteiger partial charge is 0.381 e. The molecule has 2 nitrogen and oxygen atoms in total. The number of nitrogens with zero attached hydrogens (tertiary/aromatic N) is 1. The summed E-state index contributed by atoms with van der Waals surface area (Å²) in [5.41, 5.74) is 0.338. The molecular weight excluding hydrogens is 174 g/mol. The Morgan fingerprint density at radius 3 is 1.93 bits per heavy atom. The summed E-state index contributed by atoms with van der Waals surface area (Å²) in [6, 6.07) is 1.55. The molecular formula is C12H23NO. The second-order valence-electron chi connectivity index (χ2n) is 5.79. The number of ether oxygens (including phenoxy) is 1. The van der Waals surface area contributed by atoms with Crippen LogP contribution in [-0.2, 0) is 4.74 Å². The van der Waals surface area contributed by atoms with E-state index in [1.54, 1.807) is 0 Å². The number of fused-ring (bicyclic) bond motifs is 2. The van der Waals surface area contributed by atoms with Crippen molar-refractivity contribution in [2.75, 3.05) is 7.11 Å². The summed E-state index contributed by atoms with van der Waals surface area (Å²) in [4.78, 5) is 2.72. The first-order chi connectivity index (χ1) is 6.52. The minimum Gasteiger partial charge on any atom is -0.381 e. The van der Waals surface area contributed by atoms with Crippen LogP contribution in [0, 0.1) is 0 Å². The van der Waals surface area contributed by atoms with Crippen molar-refractivity contribution >= 4 is 0 Å². The summed E-state index contributed by atoms with van der Waals surface area (Å²) < 4.78 is 5.51. The molecule has 0 radical (unpaired) electrons. The molecule has 0 amide bonds. The van der Waals surface area contributed by atoms with E-state index in [-0.39, 0.29) is 0 Å². The van der Waals surface area contributed by atoms with E-state index in [0.717, 1.165) is 12.1 Å². The van der Waals surface area contributed by atoms with Crippen molar-refractivity contribution in [2.24, 2.45) is 0 Å². The summed E-state index contributed by atoms with van der Waals surface area (Å²) >= 11 is 0. The van der Waals surface area contributed by atoms with E-state index in [9.17, 15) is 0 Å². The van der Waals surface area contributed by atoms with Crippen molar-refractivity contribution in [3.63, 3.8) is 0 Å². The number of piperidine rings is 1. The van der Waals surface area contributed by atoms with Crippen LogP contribution in [0.1, 0.15) is 46.5 Å². The highest BCUT2D eigenvalue weighted by atomic mass is 16.5. The SMILES string of the molecule is COC1C[C@H]2CC[C@@H](C1)N2C(C)(C)C. The van der Waals surface area contributed by atoms with Gasteiger partial charge in [0.1, 0.15) is 0 Å². The Hall–Kier alpha value is -0.0800. The standard InChI is InChI=1S/C12H23NO/c1-12(2,3)13-9-5-6-10(13)8-11(7-9)14-4/h9-11H,5-8H2,1-4H3/t9-,10+,11?. The van der Waals surface area contributed by atoms with Crippen LogP contribution in [0.4, 0.5) is 0 Å². The molecule has 0 N–H and O–H groups in total. The quantitative estimate of drug-likeness (QED) is 0.640. The lowest BCUT2D eigenvalue weighted by Gasteiger charge is -2.46. The number of hydrogen-bond donors (Lipinski definition) is 0. The first kappa shape index (κ1) is 10.4. The summed E-state index contributed by atoms with van der Waals surface area (Å²) in [6.07, 6.45) is 5.75. The van der Waals surface area contributed by atoms with Gasteiger partial charge in [-0.2, -0.15) is 0 Å². The summed E-state index contributed by atoms with van der Waals surface area (Å²) in [6.45, 7) is 7.02. The van der Waals surface area contributed by atoms with Crippen LogP contribution in [-0.4, -0.2) is 35.7 Å². The highest BCUT2D eigenvalue weighted by molar-refractivity contribution is 5.00. The molecule has 2 rings (SSSR count). The molecule has 2 aliphatic heterocycles. The van der Waals surface area contributed by atoms with Crippen LogP contribution in [0.5, 0.6) is 0 Å². The maximum atomic E-state index is 5.51. The minimum atomic E-state index is 0.338. The van der Waals surface area contributed by atoms with E-state index in [0.29, 0.717) is 11.6 Å². The molecule has 0 aromatic carbocycles. The number of rotatable bonds is 1. The van der Waals surface area contributed by atoms with Crippen LogP contribution in [0.3, 0.4) is 0 Å². The monoisotopic (exact) mass is 197 g/mol. The van der Waals surface area contributed by atoms with Gasteiger partial charge in [0.2, 0.25) is 0 Å². The molecule has 2 fully saturated rings. The van der Waals surface area contributed by atoms with Crippen LogP contribution in [0.2, 0.25) is 0 Å².